The summed E-state index contributed by atoms with van der Waals surface area (Å²) in [4.78, 5) is 17.0. The Morgan fingerprint density at radius 1 is 1.60 bits per heavy atom. The molecule has 1 unspecified atom stereocenters. The smallest absolute Gasteiger partial charge is 0.311 e. The number of nitro groups is 1. The molecule has 6 nitrogen and oxygen atoms in total. The molecule has 1 aromatic rings. The Morgan fingerprint density at radius 2 is 2.40 bits per heavy atom. The SMILES string of the molecule is CCCN(c1c(Br)cncc1[N+](=O)[O-])C1CCCNC1. The highest BCUT2D eigenvalue weighted by molar-refractivity contribution is 9.10. The fourth-order valence-electron chi connectivity index (χ4n) is 2.65. The van der Waals surface area contributed by atoms with E-state index in [-0.39, 0.29) is 10.6 Å². The van der Waals surface area contributed by atoms with Crippen LogP contribution in [0.1, 0.15) is 26.2 Å². The number of anilines is 1. The molecule has 0 bridgehead atoms. The number of nitrogens with one attached hydrogen (secondary N) is 1. The molecule has 1 saturated heterocycles. The van der Waals surface area contributed by atoms with Crippen LogP contribution >= 0.6 is 15.9 Å². The van der Waals surface area contributed by atoms with E-state index in [1.807, 2.05) is 0 Å². The van der Waals surface area contributed by atoms with Gasteiger partial charge in [-0.1, -0.05) is 6.92 Å². The molecular formula is C13H19BrN4O2. The van der Waals surface area contributed by atoms with E-state index in [9.17, 15) is 10.1 Å². The summed E-state index contributed by atoms with van der Waals surface area (Å²) in [6.45, 7) is 4.78. The zero-order chi connectivity index (χ0) is 14.5. The molecule has 1 aliphatic rings. The summed E-state index contributed by atoms with van der Waals surface area (Å²) in [6, 6.07) is 0.293. The number of rotatable bonds is 5. The van der Waals surface area contributed by atoms with Crippen molar-refractivity contribution in [2.75, 3.05) is 24.5 Å². The number of hydrogen-bond donors (Lipinski definition) is 1. The predicted molar refractivity (Wildman–Crippen MR) is 82.1 cm³/mol. The molecule has 0 amide bonds. The Morgan fingerprint density at radius 3 is 3.00 bits per heavy atom. The van der Waals surface area contributed by atoms with Gasteiger partial charge in [0.05, 0.1) is 9.40 Å². The molecule has 2 heterocycles. The number of nitrogens with zero attached hydrogens (tertiary/aromatic N) is 3. The van der Waals surface area contributed by atoms with Crippen molar-refractivity contribution in [1.29, 1.82) is 0 Å². The minimum atomic E-state index is -0.355. The van der Waals surface area contributed by atoms with Crippen molar-refractivity contribution in [3.05, 3.63) is 27.0 Å². The molecule has 0 aliphatic carbocycles. The van der Waals surface area contributed by atoms with Gasteiger partial charge in [-0.3, -0.25) is 15.1 Å². The van der Waals surface area contributed by atoms with Gasteiger partial charge < -0.3 is 10.2 Å². The van der Waals surface area contributed by atoms with Crippen LogP contribution in [0.15, 0.2) is 16.9 Å². The van der Waals surface area contributed by atoms with Crippen molar-refractivity contribution in [3.63, 3.8) is 0 Å². The average Bonchev–Trinajstić information content (AvgIpc) is 2.46. The van der Waals surface area contributed by atoms with E-state index in [4.69, 9.17) is 0 Å². The maximum absolute atomic E-state index is 11.3. The van der Waals surface area contributed by atoms with Crippen molar-refractivity contribution in [1.82, 2.24) is 10.3 Å². The third kappa shape index (κ3) is 3.27. The maximum Gasteiger partial charge on any atom is 0.311 e. The van der Waals surface area contributed by atoms with Gasteiger partial charge in [0.1, 0.15) is 11.9 Å². The summed E-state index contributed by atoms with van der Waals surface area (Å²) in [6.07, 6.45) is 6.06. The van der Waals surface area contributed by atoms with Gasteiger partial charge in [0, 0.05) is 25.3 Å². The second-order valence-electron chi connectivity index (χ2n) is 4.94. The zero-order valence-corrected chi connectivity index (χ0v) is 13.1. The van der Waals surface area contributed by atoms with Crippen LogP contribution in [-0.4, -0.2) is 35.6 Å². The molecule has 1 aliphatic heterocycles. The first kappa shape index (κ1) is 15.2. The number of hydrogen-bond acceptors (Lipinski definition) is 5. The van der Waals surface area contributed by atoms with E-state index >= 15 is 0 Å². The second kappa shape index (κ2) is 6.99. The standard InChI is InChI=1S/C13H19BrN4O2/c1-2-6-17(10-4-3-5-15-7-10)13-11(14)8-16-9-12(13)18(19)20/h8-10,15H,2-7H2,1H3. The average molecular weight is 343 g/mol. The molecule has 7 heteroatoms. The van der Waals surface area contributed by atoms with E-state index in [1.165, 1.54) is 6.20 Å². The fraction of sp³-hybridized carbons (Fsp3) is 0.615. The van der Waals surface area contributed by atoms with Crippen molar-refractivity contribution < 1.29 is 4.92 Å². The third-order valence-corrected chi connectivity index (χ3v) is 4.09. The number of pyridine rings is 1. The lowest BCUT2D eigenvalue weighted by Gasteiger charge is -2.36. The quantitative estimate of drug-likeness (QED) is 0.657. The van der Waals surface area contributed by atoms with Crippen LogP contribution in [0, 0.1) is 10.1 Å². The molecule has 0 radical (unpaired) electrons. The summed E-state index contributed by atoms with van der Waals surface area (Å²) in [5.41, 5.74) is 0.721. The zero-order valence-electron chi connectivity index (χ0n) is 11.5. The molecule has 1 atom stereocenters. The molecule has 1 aromatic heterocycles. The summed E-state index contributed by atoms with van der Waals surface area (Å²) < 4.78 is 0.686. The summed E-state index contributed by atoms with van der Waals surface area (Å²) in [7, 11) is 0. The third-order valence-electron chi connectivity index (χ3n) is 3.51. The largest absolute Gasteiger partial charge is 0.361 e. The van der Waals surface area contributed by atoms with E-state index in [0.717, 1.165) is 38.9 Å². The molecule has 1 fully saturated rings. The van der Waals surface area contributed by atoms with Gasteiger partial charge in [0.2, 0.25) is 0 Å². The molecule has 0 aromatic carbocycles. The highest BCUT2D eigenvalue weighted by atomic mass is 79.9. The van der Waals surface area contributed by atoms with Crippen molar-refractivity contribution in [2.24, 2.45) is 0 Å². The lowest BCUT2D eigenvalue weighted by molar-refractivity contribution is -0.384. The van der Waals surface area contributed by atoms with E-state index in [1.54, 1.807) is 6.20 Å². The molecule has 2 rings (SSSR count). The lowest BCUT2D eigenvalue weighted by Crippen LogP contribution is -2.46. The van der Waals surface area contributed by atoms with Gasteiger partial charge in [-0.15, -0.1) is 0 Å². The monoisotopic (exact) mass is 342 g/mol. The predicted octanol–water partition coefficient (Wildman–Crippen LogP) is 2.72. The van der Waals surface area contributed by atoms with Crippen LogP contribution in [-0.2, 0) is 0 Å². The van der Waals surface area contributed by atoms with Crippen LogP contribution in [0.2, 0.25) is 0 Å². The van der Waals surface area contributed by atoms with Gasteiger partial charge in [0.15, 0.2) is 0 Å². The first-order valence-electron chi connectivity index (χ1n) is 6.90. The van der Waals surface area contributed by atoms with Crippen LogP contribution in [0.25, 0.3) is 0 Å². The van der Waals surface area contributed by atoms with Crippen LogP contribution in [0.4, 0.5) is 11.4 Å². The lowest BCUT2D eigenvalue weighted by atomic mass is 10.0. The minimum absolute atomic E-state index is 0.0680. The van der Waals surface area contributed by atoms with Gasteiger partial charge in [-0.2, -0.15) is 0 Å². The highest BCUT2D eigenvalue weighted by Crippen LogP contribution is 2.36. The maximum atomic E-state index is 11.3. The minimum Gasteiger partial charge on any atom is -0.361 e. The Labute approximate surface area is 126 Å². The van der Waals surface area contributed by atoms with E-state index in [0.29, 0.717) is 16.2 Å². The van der Waals surface area contributed by atoms with E-state index in [2.05, 4.69) is 38.1 Å². The first-order valence-corrected chi connectivity index (χ1v) is 7.69. The second-order valence-corrected chi connectivity index (χ2v) is 5.79. The van der Waals surface area contributed by atoms with Crippen molar-refractivity contribution in [3.8, 4) is 0 Å². The van der Waals surface area contributed by atoms with Crippen molar-refractivity contribution >= 4 is 27.3 Å². The van der Waals surface area contributed by atoms with Crippen LogP contribution in [0.3, 0.4) is 0 Å². The number of aromatic nitrogens is 1. The highest BCUT2D eigenvalue weighted by Gasteiger charge is 2.28. The fourth-order valence-corrected chi connectivity index (χ4v) is 3.20. The van der Waals surface area contributed by atoms with Crippen LogP contribution < -0.4 is 10.2 Å². The van der Waals surface area contributed by atoms with Gasteiger partial charge in [-0.05, 0) is 41.7 Å². The molecule has 0 saturated carbocycles. The normalized spacial score (nSPS) is 18.8. The Kier molecular flexibility index (Phi) is 5.31. The molecule has 20 heavy (non-hydrogen) atoms. The summed E-state index contributed by atoms with van der Waals surface area (Å²) in [5, 5.41) is 14.6. The number of piperidine rings is 1. The Bertz CT molecular complexity index is 477. The van der Waals surface area contributed by atoms with Gasteiger partial charge in [-0.25, -0.2) is 0 Å². The summed E-state index contributed by atoms with van der Waals surface area (Å²) >= 11 is 3.42. The number of halogens is 1. The first-order chi connectivity index (χ1) is 9.65. The van der Waals surface area contributed by atoms with E-state index < -0.39 is 0 Å². The van der Waals surface area contributed by atoms with Crippen molar-refractivity contribution in [2.45, 2.75) is 32.2 Å². The topological polar surface area (TPSA) is 71.3 Å². The molecule has 0 spiro atoms. The van der Waals surface area contributed by atoms with Gasteiger partial charge in [0.25, 0.3) is 0 Å². The Hall–Kier alpha value is -1.21. The van der Waals surface area contributed by atoms with Gasteiger partial charge >= 0.3 is 5.69 Å². The van der Waals surface area contributed by atoms with Crippen LogP contribution in [0.5, 0.6) is 0 Å². The molecule has 1 N–H and O–H groups in total. The molecular weight excluding hydrogens is 324 g/mol. The molecule has 110 valence electrons. The Balaban J connectivity index is 2.39. The summed E-state index contributed by atoms with van der Waals surface area (Å²) in [5.74, 6) is 0.